The number of amides is 1. The zero-order chi connectivity index (χ0) is 21.3. The van der Waals surface area contributed by atoms with Crippen LogP contribution in [0.4, 0.5) is 0 Å². The first kappa shape index (κ1) is 20.9. The molecule has 0 aliphatic rings. The Hall–Kier alpha value is -3.38. The fourth-order valence-electron chi connectivity index (χ4n) is 3.28. The molecular weight excluding hydrogens is 404 g/mol. The predicted molar refractivity (Wildman–Crippen MR) is 125 cm³/mol. The van der Waals surface area contributed by atoms with Crippen LogP contribution in [0.5, 0.6) is 0 Å². The molecule has 0 fully saturated rings. The lowest BCUT2D eigenvalue weighted by atomic mass is 10.1. The van der Waals surface area contributed by atoms with E-state index in [-0.39, 0.29) is 5.91 Å². The highest BCUT2D eigenvalue weighted by Gasteiger charge is 2.16. The van der Waals surface area contributed by atoms with Crippen LogP contribution in [-0.4, -0.2) is 33.0 Å². The third-order valence-corrected chi connectivity index (χ3v) is 5.81. The molecule has 0 aliphatic carbocycles. The van der Waals surface area contributed by atoms with Crippen LogP contribution in [0.25, 0.3) is 11.4 Å². The predicted octanol–water partition coefficient (Wildman–Crippen LogP) is 4.44. The van der Waals surface area contributed by atoms with Crippen molar-refractivity contribution in [3.05, 3.63) is 102 Å². The van der Waals surface area contributed by atoms with E-state index in [1.54, 1.807) is 0 Å². The first-order valence-corrected chi connectivity index (χ1v) is 11.2. The minimum absolute atomic E-state index is 0.00328. The molecule has 5 nitrogen and oxygen atoms in total. The Morgan fingerprint density at radius 3 is 2.10 bits per heavy atom. The second-order valence-electron chi connectivity index (χ2n) is 7.12. The van der Waals surface area contributed by atoms with Crippen LogP contribution in [0.1, 0.15) is 11.1 Å². The number of benzene rings is 3. The van der Waals surface area contributed by atoms with Crippen LogP contribution in [0.15, 0.2) is 96.2 Å². The summed E-state index contributed by atoms with van der Waals surface area (Å²) in [4.78, 5) is 12.4. The summed E-state index contributed by atoms with van der Waals surface area (Å²) in [6.45, 7) is 1.27. The molecule has 156 valence electrons. The van der Waals surface area contributed by atoms with E-state index in [0.717, 1.165) is 28.5 Å². The van der Waals surface area contributed by atoms with Crippen LogP contribution < -0.4 is 5.32 Å². The van der Waals surface area contributed by atoms with Gasteiger partial charge in [-0.1, -0.05) is 103 Å². The average molecular weight is 429 g/mol. The zero-order valence-corrected chi connectivity index (χ0v) is 18.0. The van der Waals surface area contributed by atoms with E-state index < -0.39 is 0 Å². The summed E-state index contributed by atoms with van der Waals surface area (Å²) in [5.74, 6) is 1.10. The zero-order valence-electron chi connectivity index (χ0n) is 17.1. The SMILES string of the molecule is O=C(CSc1nnc(-c2ccccc2)n1Cc1ccccc1)NCCc1ccccc1. The first-order valence-electron chi connectivity index (χ1n) is 10.3. The van der Waals surface area contributed by atoms with E-state index in [1.165, 1.54) is 17.3 Å². The van der Waals surface area contributed by atoms with Crippen molar-refractivity contribution < 1.29 is 4.79 Å². The monoisotopic (exact) mass is 428 g/mol. The van der Waals surface area contributed by atoms with Crippen molar-refractivity contribution >= 4 is 17.7 Å². The van der Waals surface area contributed by atoms with Crippen molar-refractivity contribution in [3.63, 3.8) is 0 Å². The van der Waals surface area contributed by atoms with E-state index in [9.17, 15) is 4.79 Å². The number of hydrogen-bond acceptors (Lipinski definition) is 4. The molecule has 4 rings (SSSR count). The molecule has 0 bridgehead atoms. The minimum atomic E-state index is -0.00328. The van der Waals surface area contributed by atoms with Gasteiger partial charge in [0.2, 0.25) is 5.91 Å². The maximum absolute atomic E-state index is 12.4. The van der Waals surface area contributed by atoms with Gasteiger partial charge in [-0.3, -0.25) is 9.36 Å². The van der Waals surface area contributed by atoms with E-state index in [1.807, 2.05) is 66.7 Å². The Bertz CT molecular complexity index is 1100. The number of nitrogens with zero attached hydrogens (tertiary/aromatic N) is 3. The topological polar surface area (TPSA) is 59.8 Å². The Kier molecular flexibility index (Phi) is 7.13. The second-order valence-corrected chi connectivity index (χ2v) is 8.06. The summed E-state index contributed by atoms with van der Waals surface area (Å²) in [5.41, 5.74) is 3.38. The van der Waals surface area contributed by atoms with Crippen molar-refractivity contribution in [2.24, 2.45) is 0 Å². The van der Waals surface area contributed by atoms with Crippen molar-refractivity contribution in [1.29, 1.82) is 0 Å². The highest BCUT2D eigenvalue weighted by atomic mass is 32.2. The Morgan fingerprint density at radius 2 is 1.42 bits per heavy atom. The highest BCUT2D eigenvalue weighted by molar-refractivity contribution is 7.99. The molecule has 4 aromatic rings. The van der Waals surface area contributed by atoms with Gasteiger partial charge in [0.15, 0.2) is 11.0 Å². The van der Waals surface area contributed by atoms with Gasteiger partial charge in [-0.25, -0.2) is 0 Å². The lowest BCUT2D eigenvalue weighted by Gasteiger charge is -2.11. The molecule has 3 aromatic carbocycles. The molecule has 31 heavy (non-hydrogen) atoms. The van der Waals surface area contributed by atoms with Crippen LogP contribution in [0, 0.1) is 0 Å². The maximum atomic E-state index is 12.4. The average Bonchev–Trinajstić information content (AvgIpc) is 3.22. The number of carbonyl (C=O) groups is 1. The summed E-state index contributed by atoms with van der Waals surface area (Å²) < 4.78 is 2.08. The molecule has 0 spiro atoms. The molecule has 0 aliphatic heterocycles. The van der Waals surface area contributed by atoms with E-state index in [4.69, 9.17) is 0 Å². The molecule has 1 heterocycles. The summed E-state index contributed by atoms with van der Waals surface area (Å²) >= 11 is 1.41. The fraction of sp³-hybridized carbons (Fsp3) is 0.160. The van der Waals surface area contributed by atoms with Crippen molar-refractivity contribution in [3.8, 4) is 11.4 Å². The van der Waals surface area contributed by atoms with E-state index in [0.29, 0.717) is 18.8 Å². The molecule has 6 heteroatoms. The largest absolute Gasteiger partial charge is 0.355 e. The molecule has 0 atom stereocenters. The Morgan fingerprint density at radius 1 is 0.806 bits per heavy atom. The molecule has 1 aromatic heterocycles. The summed E-state index contributed by atoms with van der Waals surface area (Å²) in [6, 6.07) is 30.4. The van der Waals surface area contributed by atoms with Gasteiger partial charge in [-0.2, -0.15) is 0 Å². The highest BCUT2D eigenvalue weighted by Crippen LogP contribution is 2.25. The van der Waals surface area contributed by atoms with E-state index >= 15 is 0 Å². The summed E-state index contributed by atoms with van der Waals surface area (Å²) in [6.07, 6.45) is 0.819. The molecule has 0 radical (unpaired) electrons. The summed E-state index contributed by atoms with van der Waals surface area (Å²) in [7, 11) is 0. The number of aromatic nitrogens is 3. The molecule has 0 unspecified atom stereocenters. The van der Waals surface area contributed by atoms with Gasteiger partial charge < -0.3 is 5.32 Å². The van der Waals surface area contributed by atoms with Crippen LogP contribution in [0.2, 0.25) is 0 Å². The Balaban J connectivity index is 1.42. The number of nitrogens with one attached hydrogen (secondary N) is 1. The van der Waals surface area contributed by atoms with Gasteiger partial charge in [0.25, 0.3) is 0 Å². The Labute approximate surface area is 186 Å². The van der Waals surface area contributed by atoms with Gasteiger partial charge in [0.05, 0.1) is 12.3 Å². The van der Waals surface area contributed by atoms with Crippen LogP contribution in [-0.2, 0) is 17.8 Å². The molecule has 0 saturated carbocycles. The van der Waals surface area contributed by atoms with Crippen molar-refractivity contribution in [1.82, 2.24) is 20.1 Å². The number of carbonyl (C=O) groups excluding carboxylic acids is 1. The normalized spacial score (nSPS) is 10.7. The van der Waals surface area contributed by atoms with Gasteiger partial charge in [-0.15, -0.1) is 10.2 Å². The number of thioether (sulfide) groups is 1. The van der Waals surface area contributed by atoms with E-state index in [2.05, 4.69) is 44.3 Å². The van der Waals surface area contributed by atoms with Gasteiger partial charge in [0.1, 0.15) is 0 Å². The molecule has 0 saturated heterocycles. The lowest BCUT2D eigenvalue weighted by molar-refractivity contribution is -0.118. The number of hydrogen-bond donors (Lipinski definition) is 1. The van der Waals surface area contributed by atoms with Crippen LogP contribution >= 0.6 is 11.8 Å². The van der Waals surface area contributed by atoms with Crippen molar-refractivity contribution in [2.75, 3.05) is 12.3 Å². The summed E-state index contributed by atoms with van der Waals surface area (Å²) in [5, 5.41) is 12.5. The lowest BCUT2D eigenvalue weighted by Crippen LogP contribution is -2.27. The third kappa shape index (κ3) is 5.83. The van der Waals surface area contributed by atoms with Gasteiger partial charge in [0, 0.05) is 12.1 Å². The quantitative estimate of drug-likeness (QED) is 0.400. The maximum Gasteiger partial charge on any atom is 0.230 e. The molecule has 1 amide bonds. The smallest absolute Gasteiger partial charge is 0.230 e. The first-order chi connectivity index (χ1) is 15.3. The van der Waals surface area contributed by atoms with Gasteiger partial charge in [-0.05, 0) is 17.5 Å². The third-order valence-electron chi connectivity index (χ3n) is 4.84. The minimum Gasteiger partial charge on any atom is -0.355 e. The standard InChI is InChI=1S/C25H24N4OS/c30-23(26-17-16-20-10-4-1-5-11-20)19-31-25-28-27-24(22-14-8-3-9-15-22)29(25)18-21-12-6-2-7-13-21/h1-15H,16-19H2,(H,26,30). The molecular formula is C25H24N4OS. The van der Waals surface area contributed by atoms with Crippen LogP contribution in [0.3, 0.4) is 0 Å². The number of rotatable bonds is 9. The van der Waals surface area contributed by atoms with Gasteiger partial charge >= 0.3 is 0 Å². The fourth-order valence-corrected chi connectivity index (χ4v) is 4.04. The van der Waals surface area contributed by atoms with Crippen molar-refractivity contribution in [2.45, 2.75) is 18.1 Å². The molecule has 1 N–H and O–H groups in total. The second kappa shape index (κ2) is 10.6.